The van der Waals surface area contributed by atoms with Gasteiger partial charge in [-0.3, -0.25) is 0 Å². The summed E-state index contributed by atoms with van der Waals surface area (Å²) >= 11 is 0. The van der Waals surface area contributed by atoms with Crippen LogP contribution in [0.3, 0.4) is 0 Å². The van der Waals surface area contributed by atoms with Crippen LogP contribution in [0.4, 0.5) is 11.6 Å². The number of nitrogens with zero attached hydrogens (tertiary/aromatic N) is 3. The molecule has 1 aromatic heterocycles. The van der Waals surface area contributed by atoms with E-state index in [4.69, 9.17) is 10.2 Å². The number of aromatic nitrogens is 2. The van der Waals surface area contributed by atoms with Crippen molar-refractivity contribution in [2.24, 2.45) is 11.3 Å². The molecule has 0 aliphatic heterocycles. The maximum Gasteiger partial charge on any atom is 0.208 e. The van der Waals surface area contributed by atoms with E-state index in [1.807, 2.05) is 30.3 Å². The largest absolute Gasteiger partial charge is 0.326 e. The lowest BCUT2D eigenvalue weighted by molar-refractivity contribution is 0.140. The SMILES string of the molecule is C[C@H]1C[C@@H](n2c(Nc3ccc(C#N)cc3)nc3ccccc32)CC(C)(C)C1. The van der Waals surface area contributed by atoms with Gasteiger partial charge in [-0.15, -0.1) is 0 Å². The Balaban J connectivity index is 1.76. The molecule has 3 aromatic rings. The first-order valence-corrected chi connectivity index (χ1v) is 9.69. The number of benzene rings is 2. The van der Waals surface area contributed by atoms with Gasteiger partial charge in [-0.05, 0) is 67.0 Å². The second kappa shape index (κ2) is 6.74. The predicted octanol–water partition coefficient (Wildman–Crippen LogP) is 6.04. The number of fused-ring (bicyclic) bond motifs is 1. The third-order valence-electron chi connectivity index (χ3n) is 5.59. The molecule has 1 N–H and O–H groups in total. The molecular formula is C23H26N4. The molecule has 0 unspecified atom stereocenters. The smallest absolute Gasteiger partial charge is 0.208 e. The molecule has 4 rings (SSSR count). The highest BCUT2D eigenvalue weighted by atomic mass is 15.2. The fourth-order valence-corrected chi connectivity index (χ4v) is 4.75. The number of anilines is 2. The fraction of sp³-hybridized carbons (Fsp3) is 0.391. The normalized spacial score (nSPS) is 21.7. The van der Waals surface area contributed by atoms with Crippen molar-refractivity contribution in [1.82, 2.24) is 9.55 Å². The zero-order valence-corrected chi connectivity index (χ0v) is 16.2. The van der Waals surface area contributed by atoms with E-state index in [9.17, 15) is 0 Å². The van der Waals surface area contributed by atoms with Crippen molar-refractivity contribution in [2.45, 2.75) is 46.1 Å². The van der Waals surface area contributed by atoms with Crippen molar-refractivity contribution < 1.29 is 0 Å². The molecule has 1 fully saturated rings. The summed E-state index contributed by atoms with van der Waals surface area (Å²) in [6, 6.07) is 18.5. The highest BCUT2D eigenvalue weighted by Crippen LogP contribution is 2.45. The van der Waals surface area contributed by atoms with Crippen LogP contribution < -0.4 is 5.32 Å². The summed E-state index contributed by atoms with van der Waals surface area (Å²) in [6.07, 6.45) is 3.60. The van der Waals surface area contributed by atoms with Crippen molar-refractivity contribution in [2.75, 3.05) is 5.32 Å². The summed E-state index contributed by atoms with van der Waals surface area (Å²) in [6.45, 7) is 7.12. The van der Waals surface area contributed by atoms with Gasteiger partial charge < -0.3 is 9.88 Å². The van der Waals surface area contributed by atoms with Gasteiger partial charge in [0.2, 0.25) is 5.95 Å². The number of para-hydroxylation sites is 2. The van der Waals surface area contributed by atoms with E-state index < -0.39 is 0 Å². The zero-order valence-electron chi connectivity index (χ0n) is 16.2. The predicted molar refractivity (Wildman–Crippen MR) is 110 cm³/mol. The Morgan fingerprint density at radius 2 is 1.85 bits per heavy atom. The first-order chi connectivity index (χ1) is 12.9. The summed E-state index contributed by atoms with van der Waals surface area (Å²) in [7, 11) is 0. The van der Waals surface area contributed by atoms with Gasteiger partial charge in [0.15, 0.2) is 0 Å². The van der Waals surface area contributed by atoms with Crippen LogP contribution in [-0.2, 0) is 0 Å². The van der Waals surface area contributed by atoms with E-state index >= 15 is 0 Å². The lowest BCUT2D eigenvalue weighted by Gasteiger charge is -2.40. The van der Waals surface area contributed by atoms with Crippen LogP contribution in [0.1, 0.15) is 51.6 Å². The summed E-state index contributed by atoms with van der Waals surface area (Å²) in [5.74, 6) is 1.58. The van der Waals surface area contributed by atoms with E-state index in [-0.39, 0.29) is 0 Å². The number of hydrogen-bond donors (Lipinski definition) is 1. The van der Waals surface area contributed by atoms with E-state index in [1.165, 1.54) is 18.4 Å². The van der Waals surface area contributed by atoms with Crippen LogP contribution >= 0.6 is 0 Å². The quantitative estimate of drug-likeness (QED) is 0.621. The molecule has 0 amide bonds. The van der Waals surface area contributed by atoms with Crippen molar-refractivity contribution >= 4 is 22.7 Å². The molecule has 0 bridgehead atoms. The Morgan fingerprint density at radius 1 is 1.11 bits per heavy atom. The Hall–Kier alpha value is -2.80. The minimum Gasteiger partial charge on any atom is -0.326 e. The Kier molecular flexibility index (Phi) is 4.39. The van der Waals surface area contributed by atoms with Gasteiger partial charge in [0.1, 0.15) is 0 Å². The molecule has 4 nitrogen and oxygen atoms in total. The van der Waals surface area contributed by atoms with Crippen LogP contribution in [-0.4, -0.2) is 9.55 Å². The third kappa shape index (κ3) is 3.55. The van der Waals surface area contributed by atoms with Crippen molar-refractivity contribution in [3.63, 3.8) is 0 Å². The molecule has 1 saturated carbocycles. The summed E-state index contributed by atoms with van der Waals surface area (Å²) < 4.78 is 2.39. The zero-order chi connectivity index (χ0) is 19.0. The molecule has 2 atom stereocenters. The average Bonchev–Trinajstić information content (AvgIpc) is 2.98. The first-order valence-electron chi connectivity index (χ1n) is 9.69. The highest BCUT2D eigenvalue weighted by Gasteiger charge is 2.34. The Morgan fingerprint density at radius 3 is 2.56 bits per heavy atom. The first kappa shape index (κ1) is 17.6. The van der Waals surface area contributed by atoms with Gasteiger partial charge in [-0.1, -0.05) is 32.9 Å². The molecule has 0 saturated heterocycles. The molecular weight excluding hydrogens is 332 g/mol. The number of imidazole rings is 1. The molecule has 1 heterocycles. The molecule has 1 aliphatic rings. The molecule has 0 radical (unpaired) electrons. The molecule has 27 heavy (non-hydrogen) atoms. The van der Waals surface area contributed by atoms with E-state index in [0.717, 1.165) is 23.6 Å². The highest BCUT2D eigenvalue weighted by molar-refractivity contribution is 5.80. The van der Waals surface area contributed by atoms with E-state index in [1.54, 1.807) is 0 Å². The lowest BCUT2D eigenvalue weighted by atomic mass is 9.70. The van der Waals surface area contributed by atoms with Crippen molar-refractivity contribution in [3.8, 4) is 6.07 Å². The summed E-state index contributed by atoms with van der Waals surface area (Å²) in [4.78, 5) is 4.89. The van der Waals surface area contributed by atoms with Crippen LogP contribution in [0.15, 0.2) is 48.5 Å². The standard InChI is InChI=1S/C23H26N4/c1-16-12-19(14-23(2,3)13-16)27-21-7-5-4-6-20(21)26-22(27)25-18-10-8-17(15-24)9-11-18/h4-11,16,19H,12-14H2,1-3H3,(H,25,26)/t16-,19+/m0/s1. The van der Waals surface area contributed by atoms with Gasteiger partial charge in [-0.25, -0.2) is 4.98 Å². The minimum atomic E-state index is 0.333. The van der Waals surface area contributed by atoms with Gasteiger partial charge >= 0.3 is 0 Å². The van der Waals surface area contributed by atoms with Crippen LogP contribution in [0, 0.1) is 22.7 Å². The number of nitriles is 1. The molecule has 0 spiro atoms. The lowest BCUT2D eigenvalue weighted by Crippen LogP contribution is -2.29. The maximum atomic E-state index is 9.01. The summed E-state index contributed by atoms with van der Waals surface area (Å²) in [5, 5.41) is 12.5. The number of hydrogen-bond acceptors (Lipinski definition) is 3. The Bertz CT molecular complexity index is 991. The maximum absolute atomic E-state index is 9.01. The number of nitrogens with one attached hydrogen (secondary N) is 1. The Labute approximate surface area is 160 Å². The van der Waals surface area contributed by atoms with E-state index in [2.05, 4.69) is 54.9 Å². The van der Waals surface area contributed by atoms with Crippen molar-refractivity contribution in [3.05, 3.63) is 54.1 Å². The number of rotatable bonds is 3. The molecule has 138 valence electrons. The monoisotopic (exact) mass is 358 g/mol. The van der Waals surface area contributed by atoms with Crippen LogP contribution in [0.25, 0.3) is 11.0 Å². The molecule has 2 aromatic carbocycles. The second-order valence-electron chi connectivity index (χ2n) is 8.68. The van der Waals surface area contributed by atoms with Crippen LogP contribution in [0.5, 0.6) is 0 Å². The summed E-state index contributed by atoms with van der Waals surface area (Å²) in [5.41, 5.74) is 4.15. The molecule has 1 aliphatic carbocycles. The fourth-order valence-electron chi connectivity index (χ4n) is 4.75. The molecule has 4 heteroatoms. The van der Waals surface area contributed by atoms with E-state index in [0.29, 0.717) is 22.9 Å². The minimum absolute atomic E-state index is 0.333. The second-order valence-corrected chi connectivity index (χ2v) is 8.68. The third-order valence-corrected chi connectivity index (χ3v) is 5.59. The van der Waals surface area contributed by atoms with Gasteiger partial charge in [0, 0.05) is 11.7 Å². The van der Waals surface area contributed by atoms with Gasteiger partial charge in [0.05, 0.1) is 22.7 Å². The topological polar surface area (TPSA) is 53.6 Å². The van der Waals surface area contributed by atoms with Gasteiger partial charge in [-0.2, -0.15) is 5.26 Å². The van der Waals surface area contributed by atoms with Gasteiger partial charge in [0.25, 0.3) is 0 Å². The van der Waals surface area contributed by atoms with Crippen LogP contribution in [0.2, 0.25) is 0 Å². The van der Waals surface area contributed by atoms with Crippen molar-refractivity contribution in [1.29, 1.82) is 5.26 Å². The average molecular weight is 358 g/mol.